The van der Waals surface area contributed by atoms with Gasteiger partial charge in [-0.3, -0.25) is 0 Å². The third kappa shape index (κ3) is 2.52. The highest BCUT2D eigenvalue weighted by molar-refractivity contribution is 5.33. The van der Waals surface area contributed by atoms with Gasteiger partial charge in [-0.25, -0.2) is 0 Å². The molecule has 1 saturated heterocycles. The molecule has 2 aliphatic rings. The van der Waals surface area contributed by atoms with Crippen LogP contribution in [0.3, 0.4) is 0 Å². The van der Waals surface area contributed by atoms with Gasteiger partial charge in [0.25, 0.3) is 0 Å². The second-order valence-electron chi connectivity index (χ2n) is 5.68. The molecule has 0 bridgehead atoms. The number of likely N-dealkylation sites (tertiary alicyclic amines) is 1. The van der Waals surface area contributed by atoms with E-state index >= 15 is 0 Å². The third-order valence-electron chi connectivity index (χ3n) is 4.01. The lowest BCUT2D eigenvalue weighted by molar-refractivity contribution is -0.0204. The Morgan fingerprint density at radius 1 is 1.28 bits per heavy atom. The van der Waals surface area contributed by atoms with Crippen LogP contribution >= 0.6 is 0 Å². The predicted molar refractivity (Wildman–Crippen MR) is 70.7 cm³/mol. The summed E-state index contributed by atoms with van der Waals surface area (Å²) in [7, 11) is 2.10. The van der Waals surface area contributed by atoms with Crippen molar-refractivity contribution in [3.8, 4) is 5.75 Å². The molecule has 0 amide bonds. The maximum absolute atomic E-state index is 10.8. The Kier molecular flexibility index (Phi) is 3.04. The molecular weight excluding hydrogens is 226 g/mol. The molecule has 18 heavy (non-hydrogen) atoms. The van der Waals surface area contributed by atoms with Crippen LogP contribution in [0.4, 0.5) is 0 Å². The van der Waals surface area contributed by atoms with Crippen molar-refractivity contribution in [3.63, 3.8) is 0 Å². The molecule has 1 aromatic carbocycles. The van der Waals surface area contributed by atoms with E-state index in [1.807, 2.05) is 24.3 Å². The molecule has 0 radical (unpaired) electrons. The summed E-state index contributed by atoms with van der Waals surface area (Å²) in [5.41, 5.74) is 0.337. The van der Waals surface area contributed by atoms with Crippen LogP contribution in [0.15, 0.2) is 24.3 Å². The monoisotopic (exact) mass is 247 g/mol. The van der Waals surface area contributed by atoms with E-state index in [-0.39, 0.29) is 0 Å². The van der Waals surface area contributed by atoms with Crippen molar-refractivity contribution in [3.05, 3.63) is 29.8 Å². The average Bonchev–Trinajstić information content (AvgIpc) is 3.18. The van der Waals surface area contributed by atoms with Gasteiger partial charge >= 0.3 is 0 Å². The van der Waals surface area contributed by atoms with E-state index in [1.165, 1.54) is 12.8 Å². The second-order valence-corrected chi connectivity index (χ2v) is 5.68. The van der Waals surface area contributed by atoms with Gasteiger partial charge in [0.15, 0.2) is 0 Å². The minimum atomic E-state index is -0.671. The summed E-state index contributed by atoms with van der Waals surface area (Å²) in [6.07, 6.45) is 4.35. The summed E-state index contributed by atoms with van der Waals surface area (Å²) >= 11 is 0. The number of rotatable bonds is 3. The molecule has 3 nitrogen and oxygen atoms in total. The Hall–Kier alpha value is -1.06. The number of piperidine rings is 1. The quantitative estimate of drug-likeness (QED) is 0.888. The van der Waals surface area contributed by atoms with Crippen molar-refractivity contribution < 1.29 is 9.84 Å². The maximum Gasteiger partial charge on any atom is 0.120 e. The normalized spacial score (nSPS) is 23.9. The van der Waals surface area contributed by atoms with E-state index in [9.17, 15) is 5.11 Å². The first-order valence-electron chi connectivity index (χ1n) is 6.84. The van der Waals surface area contributed by atoms with Crippen LogP contribution in [0.25, 0.3) is 0 Å². The van der Waals surface area contributed by atoms with Crippen LogP contribution in [0.1, 0.15) is 31.2 Å². The number of hydrogen-bond acceptors (Lipinski definition) is 3. The Morgan fingerprint density at radius 2 is 2.00 bits per heavy atom. The van der Waals surface area contributed by atoms with Gasteiger partial charge in [-0.05, 0) is 50.4 Å². The fourth-order valence-corrected chi connectivity index (χ4v) is 2.51. The molecule has 1 aliphatic heterocycles. The first-order chi connectivity index (χ1) is 8.66. The average molecular weight is 247 g/mol. The molecule has 1 saturated carbocycles. The van der Waals surface area contributed by atoms with Crippen LogP contribution in [-0.4, -0.2) is 36.2 Å². The van der Waals surface area contributed by atoms with Crippen molar-refractivity contribution in [2.75, 3.05) is 20.1 Å². The van der Waals surface area contributed by atoms with E-state index in [0.717, 1.165) is 37.2 Å². The summed E-state index contributed by atoms with van der Waals surface area (Å²) in [6, 6.07) is 8.01. The molecule has 1 N–H and O–H groups in total. The van der Waals surface area contributed by atoms with Crippen LogP contribution in [-0.2, 0) is 5.60 Å². The Balaban J connectivity index is 1.77. The Bertz CT molecular complexity index is 420. The number of nitrogens with zero attached hydrogens (tertiary/aromatic N) is 1. The lowest BCUT2D eigenvalue weighted by atomic mass is 9.84. The Labute approximate surface area is 108 Å². The van der Waals surface area contributed by atoms with Gasteiger partial charge in [0, 0.05) is 13.1 Å². The minimum absolute atomic E-state index is 0.410. The highest BCUT2D eigenvalue weighted by Gasteiger charge is 2.33. The topological polar surface area (TPSA) is 32.7 Å². The SMILES string of the molecule is CN1CCC(O)(c2cccc(OC3CC3)c2)CC1. The first kappa shape index (κ1) is 12.0. The van der Waals surface area contributed by atoms with Crippen molar-refractivity contribution in [2.24, 2.45) is 0 Å². The highest BCUT2D eigenvalue weighted by atomic mass is 16.5. The molecule has 0 atom stereocenters. The largest absolute Gasteiger partial charge is 0.490 e. The van der Waals surface area contributed by atoms with E-state index in [4.69, 9.17) is 4.74 Å². The van der Waals surface area contributed by atoms with Crippen molar-refractivity contribution >= 4 is 0 Å². The number of hydrogen-bond donors (Lipinski definition) is 1. The first-order valence-corrected chi connectivity index (χ1v) is 6.84. The molecular formula is C15H21NO2. The molecule has 3 heteroatoms. The summed E-state index contributed by atoms with van der Waals surface area (Å²) < 4.78 is 5.80. The molecule has 2 fully saturated rings. The van der Waals surface area contributed by atoms with E-state index in [1.54, 1.807) is 0 Å². The fourth-order valence-electron chi connectivity index (χ4n) is 2.51. The summed E-state index contributed by atoms with van der Waals surface area (Å²) in [5, 5.41) is 10.8. The van der Waals surface area contributed by atoms with Crippen molar-refractivity contribution in [1.82, 2.24) is 4.90 Å². The number of aliphatic hydroxyl groups is 1. The summed E-state index contributed by atoms with van der Waals surface area (Å²) in [4.78, 5) is 2.26. The van der Waals surface area contributed by atoms with E-state index < -0.39 is 5.60 Å². The number of benzene rings is 1. The van der Waals surface area contributed by atoms with Gasteiger partial charge in [-0.2, -0.15) is 0 Å². The van der Waals surface area contributed by atoms with Gasteiger partial charge in [-0.1, -0.05) is 12.1 Å². The standard InChI is InChI=1S/C15H21NO2/c1-16-9-7-15(17,8-10-16)12-3-2-4-14(11-12)18-13-5-6-13/h2-4,11,13,17H,5-10H2,1H3. The van der Waals surface area contributed by atoms with Crippen LogP contribution in [0.5, 0.6) is 5.75 Å². The van der Waals surface area contributed by atoms with Gasteiger partial charge in [0.05, 0.1) is 11.7 Å². The zero-order chi connectivity index (χ0) is 12.6. The highest BCUT2D eigenvalue weighted by Crippen LogP contribution is 2.35. The van der Waals surface area contributed by atoms with E-state index in [2.05, 4.69) is 11.9 Å². The summed E-state index contributed by atoms with van der Waals surface area (Å²) in [6.45, 7) is 1.90. The van der Waals surface area contributed by atoms with Gasteiger partial charge < -0.3 is 14.7 Å². The van der Waals surface area contributed by atoms with Crippen LogP contribution in [0, 0.1) is 0 Å². The van der Waals surface area contributed by atoms with Crippen LogP contribution < -0.4 is 4.74 Å². The molecule has 1 aliphatic carbocycles. The van der Waals surface area contributed by atoms with E-state index in [0.29, 0.717) is 6.10 Å². The van der Waals surface area contributed by atoms with Crippen LogP contribution in [0.2, 0.25) is 0 Å². The van der Waals surface area contributed by atoms with Gasteiger partial charge in [-0.15, -0.1) is 0 Å². The van der Waals surface area contributed by atoms with Crippen molar-refractivity contribution in [2.45, 2.75) is 37.4 Å². The second kappa shape index (κ2) is 4.56. The third-order valence-corrected chi connectivity index (χ3v) is 4.01. The smallest absolute Gasteiger partial charge is 0.120 e. The zero-order valence-electron chi connectivity index (χ0n) is 10.9. The molecule has 0 spiro atoms. The lowest BCUT2D eigenvalue weighted by Crippen LogP contribution is -2.40. The molecule has 1 aromatic rings. The maximum atomic E-state index is 10.8. The number of ether oxygens (including phenoxy) is 1. The molecule has 0 unspecified atom stereocenters. The minimum Gasteiger partial charge on any atom is -0.490 e. The Morgan fingerprint density at radius 3 is 2.67 bits per heavy atom. The van der Waals surface area contributed by atoms with Gasteiger partial charge in [0.2, 0.25) is 0 Å². The fraction of sp³-hybridized carbons (Fsp3) is 0.600. The predicted octanol–water partition coefficient (Wildman–Crippen LogP) is 2.14. The van der Waals surface area contributed by atoms with Crippen molar-refractivity contribution in [1.29, 1.82) is 0 Å². The zero-order valence-corrected chi connectivity index (χ0v) is 10.9. The molecule has 0 aromatic heterocycles. The summed E-state index contributed by atoms with van der Waals surface area (Å²) in [5.74, 6) is 0.905. The lowest BCUT2D eigenvalue weighted by Gasteiger charge is -2.37. The molecule has 3 rings (SSSR count). The molecule has 1 heterocycles. The van der Waals surface area contributed by atoms with Gasteiger partial charge in [0.1, 0.15) is 5.75 Å². The molecule has 98 valence electrons.